The van der Waals surface area contributed by atoms with Gasteiger partial charge in [0.2, 0.25) is 11.8 Å². The number of hydrogen-bond donors (Lipinski definition) is 4. The van der Waals surface area contributed by atoms with E-state index in [0.717, 1.165) is 22.3 Å². The van der Waals surface area contributed by atoms with E-state index in [0.29, 0.717) is 23.4 Å². The Morgan fingerprint density at radius 2 is 1.18 bits per heavy atom. The zero-order chi connectivity index (χ0) is 34.4. The van der Waals surface area contributed by atoms with Gasteiger partial charge in [-0.15, -0.1) is 0 Å². The zero-order valence-electron chi connectivity index (χ0n) is 27.0. The highest BCUT2D eigenvalue weighted by Crippen LogP contribution is 2.17. The number of nitrogens with one attached hydrogen (secondary N) is 3. The van der Waals surface area contributed by atoms with Crippen molar-refractivity contribution in [1.29, 1.82) is 0 Å². The summed E-state index contributed by atoms with van der Waals surface area (Å²) >= 11 is 0. The van der Waals surface area contributed by atoms with Crippen LogP contribution in [0.2, 0.25) is 0 Å². The van der Waals surface area contributed by atoms with Crippen LogP contribution in [0, 0.1) is 5.82 Å². The Hall–Kier alpha value is -5.80. The Balaban J connectivity index is 1.31. The van der Waals surface area contributed by atoms with Crippen molar-refractivity contribution in [3.8, 4) is 5.75 Å². The molecule has 0 saturated carbocycles. The van der Waals surface area contributed by atoms with Crippen LogP contribution in [0.1, 0.15) is 38.2 Å². The molecule has 0 aliphatic rings. The van der Waals surface area contributed by atoms with Crippen LogP contribution in [0.4, 0.5) is 4.39 Å². The first-order valence-electron chi connectivity index (χ1n) is 16.1. The number of ether oxygens (including phenoxy) is 1. The van der Waals surface area contributed by atoms with Gasteiger partial charge in [0.1, 0.15) is 30.3 Å². The lowest BCUT2D eigenvalue weighted by molar-refractivity contribution is -0.130. The maximum Gasteiger partial charge on any atom is 0.251 e. The number of halogens is 1. The fourth-order valence-corrected chi connectivity index (χ4v) is 5.23. The number of hydrogen-bond acceptors (Lipinski definition) is 5. The lowest BCUT2D eigenvalue weighted by Gasteiger charge is -2.24. The first-order chi connectivity index (χ1) is 23.9. The summed E-state index contributed by atoms with van der Waals surface area (Å²) in [6.45, 7) is 0.889. The van der Waals surface area contributed by atoms with Crippen molar-refractivity contribution in [2.24, 2.45) is 5.73 Å². The third-order valence-electron chi connectivity index (χ3n) is 7.96. The molecule has 5 rings (SSSR count). The minimum atomic E-state index is -0.998. The van der Waals surface area contributed by atoms with Crippen molar-refractivity contribution < 1.29 is 23.5 Å². The minimum Gasteiger partial charge on any atom is -0.489 e. The van der Waals surface area contributed by atoms with Gasteiger partial charge in [-0.05, 0) is 64.2 Å². The zero-order valence-corrected chi connectivity index (χ0v) is 27.0. The highest BCUT2D eigenvalue weighted by Gasteiger charge is 2.28. The molecular formula is C40H39FN4O4. The molecule has 5 aromatic carbocycles. The summed E-state index contributed by atoms with van der Waals surface area (Å²) in [5, 5.41) is 8.72. The van der Waals surface area contributed by atoms with E-state index in [2.05, 4.69) is 16.0 Å². The third-order valence-corrected chi connectivity index (χ3v) is 7.96. The van der Waals surface area contributed by atoms with Gasteiger partial charge >= 0.3 is 0 Å². The molecule has 0 aromatic heterocycles. The summed E-state index contributed by atoms with van der Waals surface area (Å²) in [7, 11) is 0. The SMILES string of the molecule is NCc1ccc(CNC(=O)[C@H](Cc2ccccc2)NC(=O)[C@@H](Cc2ccc(OCc3cccc(F)c3)cc2)NC(=O)c2ccccc2)cc1. The molecule has 0 bridgehead atoms. The van der Waals surface area contributed by atoms with Crippen LogP contribution >= 0.6 is 0 Å². The van der Waals surface area contributed by atoms with Crippen molar-refractivity contribution >= 4 is 17.7 Å². The maximum absolute atomic E-state index is 13.9. The molecule has 0 heterocycles. The van der Waals surface area contributed by atoms with Gasteiger partial charge < -0.3 is 26.4 Å². The van der Waals surface area contributed by atoms with Gasteiger partial charge in [-0.2, -0.15) is 0 Å². The summed E-state index contributed by atoms with van der Waals surface area (Å²) in [5.41, 5.74) is 10.3. The Morgan fingerprint density at radius 3 is 1.84 bits per heavy atom. The topological polar surface area (TPSA) is 123 Å². The van der Waals surface area contributed by atoms with E-state index in [-0.39, 0.29) is 37.7 Å². The quantitative estimate of drug-likeness (QED) is 0.123. The molecule has 250 valence electrons. The van der Waals surface area contributed by atoms with E-state index >= 15 is 0 Å². The van der Waals surface area contributed by atoms with Gasteiger partial charge in [0.15, 0.2) is 0 Å². The molecule has 49 heavy (non-hydrogen) atoms. The third kappa shape index (κ3) is 10.6. The molecule has 0 spiro atoms. The van der Waals surface area contributed by atoms with Crippen molar-refractivity contribution in [2.75, 3.05) is 0 Å². The summed E-state index contributed by atoms with van der Waals surface area (Å²) in [5.74, 6) is -1.04. The second-order valence-electron chi connectivity index (χ2n) is 11.6. The number of rotatable bonds is 15. The fraction of sp³-hybridized carbons (Fsp3) is 0.175. The summed E-state index contributed by atoms with van der Waals surface area (Å²) in [4.78, 5) is 40.7. The molecular weight excluding hydrogens is 619 g/mol. The number of carbonyl (C=O) groups excluding carboxylic acids is 3. The van der Waals surface area contributed by atoms with Crippen molar-refractivity contribution in [2.45, 2.75) is 44.6 Å². The van der Waals surface area contributed by atoms with Gasteiger partial charge in [-0.1, -0.05) is 97.1 Å². The van der Waals surface area contributed by atoms with Crippen LogP contribution in [0.25, 0.3) is 0 Å². The average Bonchev–Trinajstić information content (AvgIpc) is 3.14. The Labute approximate surface area is 285 Å². The van der Waals surface area contributed by atoms with Crippen molar-refractivity contribution in [1.82, 2.24) is 16.0 Å². The molecule has 5 aromatic rings. The van der Waals surface area contributed by atoms with Crippen LogP contribution in [0.3, 0.4) is 0 Å². The standard InChI is InChI=1S/C40H39FN4O4/c41-34-13-7-10-32(22-34)27-49-35-20-18-29(19-21-35)24-37(44-38(46)33-11-5-2-6-12-33)40(48)45-36(23-28-8-3-1-4-9-28)39(47)43-26-31-16-14-30(25-42)15-17-31/h1-22,36-37H,23-27,42H2,(H,43,47)(H,44,46)(H,45,48)/t36-,37+/m0/s1. The van der Waals surface area contributed by atoms with Gasteiger partial charge in [0.25, 0.3) is 5.91 Å². The van der Waals surface area contributed by atoms with E-state index in [1.807, 2.05) is 54.6 Å². The lowest BCUT2D eigenvalue weighted by Crippen LogP contribution is -2.55. The summed E-state index contributed by atoms with van der Waals surface area (Å²) in [6.07, 6.45) is 0.406. The van der Waals surface area contributed by atoms with Crippen LogP contribution in [-0.2, 0) is 42.1 Å². The normalized spacial score (nSPS) is 12.0. The van der Waals surface area contributed by atoms with Crippen LogP contribution in [0.5, 0.6) is 5.75 Å². The lowest BCUT2D eigenvalue weighted by atomic mass is 10.0. The van der Waals surface area contributed by atoms with Crippen LogP contribution in [0.15, 0.2) is 133 Å². The van der Waals surface area contributed by atoms with Gasteiger partial charge in [0, 0.05) is 31.5 Å². The molecule has 8 nitrogen and oxygen atoms in total. The number of amides is 3. The highest BCUT2D eigenvalue weighted by molar-refractivity contribution is 5.98. The monoisotopic (exact) mass is 658 g/mol. The maximum atomic E-state index is 13.9. The van der Waals surface area contributed by atoms with E-state index < -0.39 is 23.9 Å². The first kappa shape index (κ1) is 34.5. The van der Waals surface area contributed by atoms with Gasteiger partial charge in [0.05, 0.1) is 0 Å². The Bertz CT molecular complexity index is 1820. The second kappa shape index (κ2) is 17.4. The first-order valence-corrected chi connectivity index (χ1v) is 16.1. The minimum absolute atomic E-state index is 0.155. The van der Waals surface area contributed by atoms with Gasteiger partial charge in [-0.25, -0.2) is 4.39 Å². The van der Waals surface area contributed by atoms with E-state index in [9.17, 15) is 18.8 Å². The van der Waals surface area contributed by atoms with Crippen molar-refractivity contribution in [3.05, 3.63) is 173 Å². The second-order valence-corrected chi connectivity index (χ2v) is 11.6. The van der Waals surface area contributed by atoms with E-state index in [1.54, 1.807) is 66.7 Å². The largest absolute Gasteiger partial charge is 0.489 e. The number of nitrogens with two attached hydrogens (primary N) is 1. The van der Waals surface area contributed by atoms with E-state index in [1.165, 1.54) is 12.1 Å². The van der Waals surface area contributed by atoms with E-state index in [4.69, 9.17) is 10.5 Å². The Morgan fingerprint density at radius 1 is 0.612 bits per heavy atom. The molecule has 0 unspecified atom stereocenters. The van der Waals surface area contributed by atoms with Gasteiger partial charge in [-0.3, -0.25) is 14.4 Å². The summed E-state index contributed by atoms with van der Waals surface area (Å²) in [6, 6.07) is 37.1. The molecule has 2 atom stereocenters. The Kier molecular flexibility index (Phi) is 12.2. The predicted molar refractivity (Wildman–Crippen MR) is 187 cm³/mol. The van der Waals surface area contributed by atoms with Crippen LogP contribution in [-0.4, -0.2) is 29.8 Å². The smallest absolute Gasteiger partial charge is 0.251 e. The molecule has 0 saturated heterocycles. The molecule has 0 radical (unpaired) electrons. The molecule has 0 fully saturated rings. The molecule has 3 amide bonds. The number of carbonyl (C=O) groups is 3. The van der Waals surface area contributed by atoms with Crippen molar-refractivity contribution in [3.63, 3.8) is 0 Å². The van der Waals surface area contributed by atoms with Crippen LogP contribution < -0.4 is 26.4 Å². The molecule has 0 aliphatic carbocycles. The molecule has 0 aliphatic heterocycles. The molecule has 9 heteroatoms. The highest BCUT2D eigenvalue weighted by atomic mass is 19.1. The average molecular weight is 659 g/mol. The predicted octanol–water partition coefficient (Wildman–Crippen LogP) is 5.25. The number of benzene rings is 5. The summed E-state index contributed by atoms with van der Waals surface area (Å²) < 4.78 is 19.4. The fourth-order valence-electron chi connectivity index (χ4n) is 5.23. The molecule has 5 N–H and O–H groups in total.